The lowest BCUT2D eigenvalue weighted by Crippen LogP contribution is -2.31. The summed E-state index contributed by atoms with van der Waals surface area (Å²) in [6.45, 7) is 1.89. The monoisotopic (exact) mass is 489 g/mol. The number of aromatic nitrogens is 3. The van der Waals surface area contributed by atoms with E-state index in [1.54, 1.807) is 6.21 Å². The third-order valence-electron chi connectivity index (χ3n) is 4.24. The molecule has 0 saturated carbocycles. The van der Waals surface area contributed by atoms with Crippen LogP contribution in [0.3, 0.4) is 0 Å². The molecule has 8 nitrogen and oxygen atoms in total. The number of para-hydroxylation sites is 1. The van der Waals surface area contributed by atoms with Crippen molar-refractivity contribution in [3.8, 4) is 0 Å². The largest absolute Gasteiger partial charge is 0.449 e. The van der Waals surface area contributed by atoms with Crippen LogP contribution in [0.15, 0.2) is 52.0 Å². The molecule has 1 aliphatic heterocycles. The molecule has 1 saturated heterocycles. The normalized spacial score (nSPS) is 14.4. The van der Waals surface area contributed by atoms with Gasteiger partial charge in [0.25, 0.3) is 0 Å². The highest BCUT2D eigenvalue weighted by Crippen LogP contribution is 2.20. The Bertz CT molecular complexity index is 938. The predicted octanol–water partition coefficient (Wildman–Crippen LogP) is 4.25. The average Bonchev–Trinajstić information content (AvgIpc) is 3.14. The van der Waals surface area contributed by atoms with Crippen molar-refractivity contribution in [2.75, 3.05) is 28.7 Å². The van der Waals surface area contributed by atoms with E-state index in [-0.39, 0.29) is 0 Å². The molecule has 0 radical (unpaired) electrons. The minimum Gasteiger partial charge on any atom is -0.449 e. The van der Waals surface area contributed by atoms with Crippen molar-refractivity contribution in [2.45, 2.75) is 19.3 Å². The second-order valence-corrected chi connectivity index (χ2v) is 7.40. The zero-order chi connectivity index (χ0) is 19.2. The lowest BCUT2D eigenvalue weighted by molar-refractivity contribution is 0.531. The van der Waals surface area contributed by atoms with Crippen molar-refractivity contribution in [2.24, 2.45) is 5.10 Å². The minimum atomic E-state index is 0.381. The zero-order valence-corrected chi connectivity index (χ0v) is 17.3. The molecule has 0 spiro atoms. The SMILES string of the molecule is Ic1ccc(C=NNc2nc(Nc3ccccc3)nc(N3CCCCC3)n2)o1. The molecule has 1 fully saturated rings. The van der Waals surface area contributed by atoms with Crippen LogP contribution in [-0.2, 0) is 0 Å². The Kier molecular flexibility index (Phi) is 6.00. The fourth-order valence-corrected chi connectivity index (χ4v) is 3.34. The standard InChI is InChI=1S/C19H20IN7O/c20-16-10-9-15(28-16)13-21-26-18-23-17(22-14-7-3-1-4-8-14)24-19(25-18)27-11-5-2-6-12-27/h1,3-4,7-10,13H,2,5-6,11-12H2,(H2,22,23,24,25,26). The van der Waals surface area contributed by atoms with Gasteiger partial charge in [-0.3, -0.25) is 0 Å². The van der Waals surface area contributed by atoms with Crippen LogP contribution in [0.2, 0.25) is 0 Å². The number of piperidine rings is 1. The van der Waals surface area contributed by atoms with Crippen LogP contribution in [0.5, 0.6) is 0 Å². The first kappa shape index (κ1) is 18.7. The van der Waals surface area contributed by atoms with Crippen LogP contribution >= 0.6 is 22.6 Å². The zero-order valence-electron chi connectivity index (χ0n) is 15.2. The first-order valence-electron chi connectivity index (χ1n) is 9.14. The molecule has 4 rings (SSSR count). The molecule has 3 heterocycles. The van der Waals surface area contributed by atoms with Gasteiger partial charge in [-0.25, -0.2) is 5.43 Å². The van der Waals surface area contributed by atoms with E-state index in [2.05, 4.69) is 58.3 Å². The van der Waals surface area contributed by atoms with E-state index >= 15 is 0 Å². The van der Waals surface area contributed by atoms with E-state index in [0.717, 1.165) is 35.4 Å². The number of rotatable bonds is 6. The van der Waals surface area contributed by atoms with Gasteiger partial charge in [0, 0.05) is 18.8 Å². The van der Waals surface area contributed by atoms with Gasteiger partial charge in [0.15, 0.2) is 3.77 Å². The highest BCUT2D eigenvalue weighted by molar-refractivity contribution is 14.1. The molecule has 3 aromatic rings. The number of benzene rings is 1. The predicted molar refractivity (Wildman–Crippen MR) is 118 cm³/mol. The Balaban J connectivity index is 1.56. The molecule has 9 heteroatoms. The molecule has 1 aromatic carbocycles. The first-order chi connectivity index (χ1) is 13.8. The quantitative estimate of drug-likeness (QED) is 0.304. The fraction of sp³-hybridized carbons (Fsp3) is 0.263. The summed E-state index contributed by atoms with van der Waals surface area (Å²) in [5.41, 5.74) is 3.80. The molecule has 0 bridgehead atoms. The van der Waals surface area contributed by atoms with Gasteiger partial charge in [0.05, 0.1) is 6.21 Å². The van der Waals surface area contributed by atoms with Crippen molar-refractivity contribution in [1.29, 1.82) is 0 Å². The van der Waals surface area contributed by atoms with Gasteiger partial charge < -0.3 is 14.6 Å². The number of halogens is 1. The summed E-state index contributed by atoms with van der Waals surface area (Å²) in [5.74, 6) is 2.17. The van der Waals surface area contributed by atoms with Crippen LogP contribution in [0.4, 0.5) is 23.5 Å². The Morgan fingerprint density at radius 2 is 1.75 bits per heavy atom. The van der Waals surface area contributed by atoms with E-state index in [4.69, 9.17) is 4.42 Å². The summed E-state index contributed by atoms with van der Waals surface area (Å²) >= 11 is 2.11. The fourth-order valence-electron chi connectivity index (χ4n) is 2.91. The second-order valence-electron chi connectivity index (χ2n) is 6.33. The van der Waals surface area contributed by atoms with Crippen molar-refractivity contribution < 1.29 is 4.42 Å². The molecular formula is C19H20IN7O. The van der Waals surface area contributed by atoms with E-state index in [1.165, 1.54) is 6.42 Å². The van der Waals surface area contributed by atoms with Crippen molar-refractivity contribution in [3.63, 3.8) is 0 Å². The maximum Gasteiger partial charge on any atom is 0.250 e. The lowest BCUT2D eigenvalue weighted by Gasteiger charge is -2.26. The van der Waals surface area contributed by atoms with Gasteiger partial charge in [-0.15, -0.1) is 0 Å². The third-order valence-corrected chi connectivity index (χ3v) is 4.82. The molecule has 2 aromatic heterocycles. The van der Waals surface area contributed by atoms with Gasteiger partial charge in [0.1, 0.15) is 5.76 Å². The topological polar surface area (TPSA) is 91.5 Å². The van der Waals surface area contributed by atoms with Gasteiger partial charge >= 0.3 is 0 Å². The van der Waals surface area contributed by atoms with Crippen LogP contribution in [0.1, 0.15) is 25.0 Å². The van der Waals surface area contributed by atoms with Crippen LogP contribution in [-0.4, -0.2) is 34.3 Å². The molecule has 0 unspecified atom stereocenters. The molecule has 0 aliphatic carbocycles. The van der Waals surface area contributed by atoms with Gasteiger partial charge in [-0.1, -0.05) is 18.2 Å². The van der Waals surface area contributed by atoms with E-state index in [9.17, 15) is 0 Å². The number of nitrogens with one attached hydrogen (secondary N) is 2. The Morgan fingerprint density at radius 1 is 0.964 bits per heavy atom. The molecule has 144 valence electrons. The van der Waals surface area contributed by atoms with Crippen LogP contribution < -0.4 is 15.6 Å². The lowest BCUT2D eigenvalue weighted by atomic mass is 10.1. The highest BCUT2D eigenvalue weighted by atomic mass is 127. The summed E-state index contributed by atoms with van der Waals surface area (Å²) in [7, 11) is 0. The highest BCUT2D eigenvalue weighted by Gasteiger charge is 2.16. The Labute approximate surface area is 176 Å². The number of nitrogens with zero attached hydrogens (tertiary/aromatic N) is 5. The van der Waals surface area contributed by atoms with E-state index in [1.807, 2.05) is 42.5 Å². The number of anilines is 4. The van der Waals surface area contributed by atoms with Crippen molar-refractivity contribution >= 4 is 52.3 Å². The number of hydrazone groups is 1. The van der Waals surface area contributed by atoms with Gasteiger partial charge in [0.2, 0.25) is 17.8 Å². The van der Waals surface area contributed by atoms with Gasteiger partial charge in [-0.05, 0) is 66.1 Å². The van der Waals surface area contributed by atoms with Crippen LogP contribution in [0, 0.1) is 3.77 Å². The number of hydrogen-bond donors (Lipinski definition) is 2. The molecule has 0 atom stereocenters. The first-order valence-corrected chi connectivity index (χ1v) is 10.2. The minimum absolute atomic E-state index is 0.381. The van der Waals surface area contributed by atoms with E-state index < -0.39 is 0 Å². The Morgan fingerprint density at radius 3 is 2.50 bits per heavy atom. The summed E-state index contributed by atoms with van der Waals surface area (Å²) in [6.07, 6.45) is 5.13. The average molecular weight is 489 g/mol. The van der Waals surface area contributed by atoms with Crippen molar-refractivity contribution in [3.05, 3.63) is 52.0 Å². The second kappa shape index (κ2) is 9.00. The van der Waals surface area contributed by atoms with Crippen molar-refractivity contribution in [1.82, 2.24) is 15.0 Å². The summed E-state index contributed by atoms with van der Waals surface area (Å²) in [5, 5.41) is 7.42. The molecular weight excluding hydrogens is 469 g/mol. The molecule has 0 amide bonds. The smallest absolute Gasteiger partial charge is 0.250 e. The summed E-state index contributed by atoms with van der Waals surface area (Å²) < 4.78 is 6.27. The van der Waals surface area contributed by atoms with Gasteiger partial charge in [-0.2, -0.15) is 20.1 Å². The third kappa shape index (κ3) is 4.97. The maximum atomic E-state index is 5.47. The maximum absolute atomic E-state index is 5.47. The molecule has 1 aliphatic rings. The van der Waals surface area contributed by atoms with Crippen LogP contribution in [0.25, 0.3) is 0 Å². The molecule has 2 N–H and O–H groups in total. The summed E-state index contributed by atoms with van der Waals surface area (Å²) in [6, 6.07) is 13.5. The summed E-state index contributed by atoms with van der Waals surface area (Å²) in [4.78, 5) is 15.8. The number of furan rings is 1. The number of hydrogen-bond acceptors (Lipinski definition) is 8. The Hall–Kier alpha value is -2.69. The molecule has 28 heavy (non-hydrogen) atoms. The van der Waals surface area contributed by atoms with E-state index in [0.29, 0.717) is 23.6 Å².